The number of quaternary nitrogens is 1. The van der Waals surface area contributed by atoms with Crippen molar-refractivity contribution in [2.75, 3.05) is 7.05 Å². The van der Waals surface area contributed by atoms with Gasteiger partial charge in [0, 0.05) is 11.2 Å². The van der Waals surface area contributed by atoms with Crippen molar-refractivity contribution < 1.29 is 13.7 Å². The number of nitrogens with zero attached hydrogens (tertiary/aromatic N) is 1. The Morgan fingerprint density at radius 2 is 1.50 bits per heavy atom. The quantitative estimate of drug-likeness (QED) is 0.734. The van der Waals surface area contributed by atoms with E-state index in [9.17, 15) is 9.46 Å². The summed E-state index contributed by atoms with van der Waals surface area (Å²) in [7, 11) is 1.71. The molecule has 0 aromatic rings. The molecule has 74 valence electrons. The minimum atomic E-state index is -3.59. The number of hydrogen-bond donors (Lipinski definition) is 1. The number of hydrogen-bond acceptors (Lipinski definition) is 1. The van der Waals surface area contributed by atoms with Gasteiger partial charge in [0.2, 0.25) is 0 Å². The van der Waals surface area contributed by atoms with Crippen molar-refractivity contribution in [3.8, 4) is 0 Å². The van der Waals surface area contributed by atoms with Crippen molar-refractivity contribution in [1.29, 1.82) is 0 Å². The number of halogens is 1. The molecule has 0 aromatic heterocycles. The van der Waals surface area contributed by atoms with Gasteiger partial charge in [-0.1, -0.05) is 0 Å². The Balaban J connectivity index is 5.03. The van der Waals surface area contributed by atoms with E-state index >= 15 is 0 Å². The van der Waals surface area contributed by atoms with E-state index in [2.05, 4.69) is 0 Å². The van der Waals surface area contributed by atoms with Crippen LogP contribution in [0.25, 0.3) is 0 Å². The van der Waals surface area contributed by atoms with Crippen molar-refractivity contribution in [3.05, 3.63) is 0 Å². The molecule has 0 fully saturated rings. The number of rotatable bonds is 3. The molecule has 12 heavy (non-hydrogen) atoms. The van der Waals surface area contributed by atoms with Gasteiger partial charge in [-0.15, -0.1) is 0 Å². The Bertz CT molecular complexity index is 192. The van der Waals surface area contributed by atoms with Crippen LogP contribution in [0.5, 0.6) is 0 Å². The first kappa shape index (κ1) is 12.4. The minimum absolute atomic E-state index is 0.00849. The van der Waals surface area contributed by atoms with E-state index in [1.54, 1.807) is 7.05 Å². The Morgan fingerprint density at radius 1 is 1.25 bits per heavy atom. The molecule has 1 unspecified atom stereocenters. The summed E-state index contributed by atoms with van der Waals surface area (Å²) in [6.45, 7) is 3.99. The van der Waals surface area contributed by atoms with E-state index in [0.29, 0.717) is 0 Å². The monoisotopic (exact) mass is 214 g/mol. The summed E-state index contributed by atoms with van der Waals surface area (Å²) in [5.74, 6) is 0. The fraction of sp³-hybridized carbons (Fsp3) is 1.00. The molecular formula is C7H18ClNO2P+. The van der Waals surface area contributed by atoms with Crippen LogP contribution in [0.1, 0.15) is 27.7 Å². The van der Waals surface area contributed by atoms with Gasteiger partial charge >= 0.3 is 6.87 Å². The Kier molecular flexibility index (Phi) is 3.80. The molecule has 0 aliphatic rings. The maximum absolute atomic E-state index is 11.4. The van der Waals surface area contributed by atoms with Gasteiger partial charge in [0.15, 0.2) is 0 Å². The molecule has 0 amide bonds. The molecule has 0 aliphatic heterocycles. The highest BCUT2D eigenvalue weighted by Crippen LogP contribution is 2.58. The van der Waals surface area contributed by atoms with Gasteiger partial charge in [0.05, 0.1) is 19.1 Å². The first-order valence-corrected chi connectivity index (χ1v) is 6.54. The average Bonchev–Trinajstić information content (AvgIpc) is 1.82. The second-order valence-corrected chi connectivity index (χ2v) is 6.89. The predicted octanol–water partition coefficient (Wildman–Crippen LogP) is 2.59. The standard InChI is InChI=1S/C7H17ClNO2P/c1-6(2)9(5,7(3)4)12(8,10)11/h6-7H,1-5H3/p+1. The highest BCUT2D eigenvalue weighted by Gasteiger charge is 2.46. The smallest absolute Gasteiger partial charge is 0.289 e. The van der Waals surface area contributed by atoms with Crippen LogP contribution in [0.3, 0.4) is 0 Å². The molecular weight excluding hydrogens is 197 g/mol. The molecule has 1 atom stereocenters. The molecule has 1 N–H and O–H groups in total. The predicted molar refractivity (Wildman–Crippen MR) is 52.1 cm³/mol. The van der Waals surface area contributed by atoms with Gasteiger partial charge in [-0.25, -0.2) is 8.82 Å². The van der Waals surface area contributed by atoms with Crippen LogP contribution in [-0.4, -0.2) is 28.3 Å². The summed E-state index contributed by atoms with van der Waals surface area (Å²) in [6, 6.07) is 0.0802. The zero-order chi connectivity index (χ0) is 10.2. The van der Waals surface area contributed by atoms with Gasteiger partial charge < -0.3 is 0 Å². The largest absolute Gasteiger partial charge is 0.475 e. The summed E-state index contributed by atoms with van der Waals surface area (Å²) in [4.78, 5) is 9.37. The van der Waals surface area contributed by atoms with Crippen LogP contribution >= 0.6 is 18.1 Å². The summed E-state index contributed by atoms with van der Waals surface area (Å²) < 4.78 is 11.4. The van der Waals surface area contributed by atoms with Crippen LogP contribution in [0, 0.1) is 0 Å². The highest BCUT2D eigenvalue weighted by molar-refractivity contribution is 7.79. The molecule has 0 saturated carbocycles. The first-order valence-electron chi connectivity index (χ1n) is 4.02. The minimum Gasteiger partial charge on any atom is -0.289 e. The molecule has 0 saturated heterocycles. The molecule has 0 aliphatic carbocycles. The molecule has 0 aromatic carbocycles. The molecule has 0 heterocycles. The van der Waals surface area contributed by atoms with Gasteiger partial charge in [0.25, 0.3) is 0 Å². The summed E-state index contributed by atoms with van der Waals surface area (Å²) >= 11 is 5.51. The van der Waals surface area contributed by atoms with E-state index < -0.39 is 6.87 Å². The maximum Gasteiger partial charge on any atom is 0.475 e. The topological polar surface area (TPSA) is 37.3 Å². The Labute approximate surface area is 79.2 Å². The summed E-state index contributed by atoms with van der Waals surface area (Å²) in [6.07, 6.45) is 0. The Morgan fingerprint density at radius 3 is 1.50 bits per heavy atom. The maximum atomic E-state index is 11.4. The third-order valence-electron chi connectivity index (χ3n) is 2.62. The van der Waals surface area contributed by atoms with Crippen LogP contribution in [0.15, 0.2) is 0 Å². The molecule has 3 nitrogen and oxygen atoms in total. The van der Waals surface area contributed by atoms with Gasteiger partial charge in [-0.05, 0) is 27.7 Å². The zero-order valence-electron chi connectivity index (χ0n) is 8.28. The molecule has 0 rings (SSSR count). The molecule has 0 radical (unpaired) electrons. The third kappa shape index (κ3) is 2.02. The second kappa shape index (κ2) is 3.67. The summed E-state index contributed by atoms with van der Waals surface area (Å²) in [5, 5.41) is 0. The summed E-state index contributed by atoms with van der Waals surface area (Å²) in [5.41, 5.74) is 0. The third-order valence-corrected chi connectivity index (χ3v) is 5.59. The SMILES string of the molecule is CC(C)[N+](C)(C(C)C)P(=O)(O)Cl. The van der Waals surface area contributed by atoms with E-state index in [1.807, 2.05) is 27.7 Å². The first-order chi connectivity index (χ1) is 5.14. The van der Waals surface area contributed by atoms with Crippen molar-refractivity contribution in [3.63, 3.8) is 0 Å². The van der Waals surface area contributed by atoms with Gasteiger partial charge in [0.1, 0.15) is 0 Å². The highest BCUT2D eigenvalue weighted by atomic mass is 35.7. The van der Waals surface area contributed by atoms with Crippen LogP contribution in [0.4, 0.5) is 0 Å². The normalized spacial score (nSPS) is 18.4. The van der Waals surface area contributed by atoms with Crippen LogP contribution in [-0.2, 0) is 4.57 Å². The Hall–Kier alpha value is 0.440. The van der Waals surface area contributed by atoms with Gasteiger partial charge in [-0.2, -0.15) is 0 Å². The van der Waals surface area contributed by atoms with E-state index in [1.165, 1.54) is 0 Å². The zero-order valence-corrected chi connectivity index (χ0v) is 9.93. The fourth-order valence-corrected chi connectivity index (χ4v) is 3.35. The van der Waals surface area contributed by atoms with E-state index in [-0.39, 0.29) is 16.3 Å². The van der Waals surface area contributed by atoms with E-state index in [4.69, 9.17) is 11.2 Å². The fourth-order valence-electron chi connectivity index (χ4n) is 1.17. The van der Waals surface area contributed by atoms with E-state index in [0.717, 1.165) is 0 Å². The second-order valence-electron chi connectivity index (χ2n) is 3.76. The molecule has 0 bridgehead atoms. The lowest BCUT2D eigenvalue weighted by molar-refractivity contribution is -0.839. The lowest BCUT2D eigenvalue weighted by atomic mass is 10.2. The lowest BCUT2D eigenvalue weighted by Gasteiger charge is -2.41. The van der Waals surface area contributed by atoms with Crippen molar-refractivity contribution in [2.24, 2.45) is 0 Å². The van der Waals surface area contributed by atoms with Crippen molar-refractivity contribution in [2.45, 2.75) is 39.8 Å². The molecule has 5 heteroatoms. The van der Waals surface area contributed by atoms with Crippen LogP contribution in [0.2, 0.25) is 0 Å². The molecule has 0 spiro atoms. The average molecular weight is 215 g/mol. The van der Waals surface area contributed by atoms with Gasteiger partial charge in [-0.3, -0.25) is 4.89 Å². The lowest BCUT2D eigenvalue weighted by Crippen LogP contribution is -2.50. The van der Waals surface area contributed by atoms with Crippen molar-refractivity contribution in [1.82, 2.24) is 0 Å². The van der Waals surface area contributed by atoms with Crippen LogP contribution < -0.4 is 0 Å². The van der Waals surface area contributed by atoms with Crippen molar-refractivity contribution >= 4 is 18.1 Å².